The average molecular weight is 261 g/mol. The smallest absolute Gasteiger partial charge is 0.0795 e. The Kier molecular flexibility index (Phi) is 5.33. The molecule has 0 saturated heterocycles. The van der Waals surface area contributed by atoms with Gasteiger partial charge >= 0.3 is 0 Å². The van der Waals surface area contributed by atoms with E-state index in [4.69, 9.17) is 0 Å². The van der Waals surface area contributed by atoms with Gasteiger partial charge in [0.25, 0.3) is 0 Å². The standard InChI is InChI=1S/C14H19N3S/c1-15-7-6-12-4-2-3-5-13(12)8-16-9-14-10-18-11-17-14/h2-5,10-11,15-16H,6-9H2,1H3. The maximum absolute atomic E-state index is 4.27. The van der Waals surface area contributed by atoms with Crippen molar-refractivity contribution >= 4 is 11.3 Å². The van der Waals surface area contributed by atoms with Crippen LogP contribution in [0, 0.1) is 0 Å². The van der Waals surface area contributed by atoms with Crippen LogP contribution >= 0.6 is 11.3 Å². The Bertz CT molecular complexity index is 454. The summed E-state index contributed by atoms with van der Waals surface area (Å²) in [5.74, 6) is 0. The SMILES string of the molecule is CNCCc1ccccc1CNCc1cscn1. The number of hydrogen-bond donors (Lipinski definition) is 2. The zero-order valence-electron chi connectivity index (χ0n) is 10.6. The maximum Gasteiger partial charge on any atom is 0.0795 e. The summed E-state index contributed by atoms with van der Waals surface area (Å²) in [6.45, 7) is 2.75. The van der Waals surface area contributed by atoms with Crippen molar-refractivity contribution in [1.29, 1.82) is 0 Å². The Morgan fingerprint density at radius 3 is 2.72 bits per heavy atom. The van der Waals surface area contributed by atoms with Gasteiger partial charge in [-0.15, -0.1) is 11.3 Å². The van der Waals surface area contributed by atoms with Crippen LogP contribution in [0.25, 0.3) is 0 Å². The first kappa shape index (κ1) is 13.2. The highest BCUT2D eigenvalue weighted by Gasteiger charge is 2.01. The topological polar surface area (TPSA) is 37.0 Å². The highest BCUT2D eigenvalue weighted by Crippen LogP contribution is 2.09. The normalized spacial score (nSPS) is 10.7. The van der Waals surface area contributed by atoms with Gasteiger partial charge in [0.15, 0.2) is 0 Å². The van der Waals surface area contributed by atoms with E-state index in [9.17, 15) is 0 Å². The lowest BCUT2D eigenvalue weighted by Gasteiger charge is -2.10. The molecule has 0 fully saturated rings. The summed E-state index contributed by atoms with van der Waals surface area (Å²) in [5.41, 5.74) is 5.78. The summed E-state index contributed by atoms with van der Waals surface area (Å²) in [7, 11) is 1.99. The molecule has 0 aliphatic carbocycles. The van der Waals surface area contributed by atoms with E-state index in [0.29, 0.717) is 0 Å². The largest absolute Gasteiger partial charge is 0.319 e. The molecule has 0 spiro atoms. The van der Waals surface area contributed by atoms with E-state index in [1.165, 1.54) is 11.1 Å². The van der Waals surface area contributed by atoms with E-state index in [1.54, 1.807) is 11.3 Å². The fourth-order valence-electron chi connectivity index (χ4n) is 1.88. The maximum atomic E-state index is 4.27. The molecule has 0 radical (unpaired) electrons. The predicted octanol–water partition coefficient (Wildman–Crippen LogP) is 2.19. The molecule has 1 aromatic carbocycles. The zero-order valence-corrected chi connectivity index (χ0v) is 11.5. The third kappa shape index (κ3) is 3.91. The minimum absolute atomic E-state index is 0.837. The van der Waals surface area contributed by atoms with Crippen molar-refractivity contribution in [2.24, 2.45) is 0 Å². The number of benzene rings is 1. The number of hydrogen-bond acceptors (Lipinski definition) is 4. The van der Waals surface area contributed by atoms with Crippen LogP contribution in [0.3, 0.4) is 0 Å². The number of nitrogens with zero attached hydrogens (tertiary/aromatic N) is 1. The number of thiazole rings is 1. The molecule has 0 unspecified atom stereocenters. The van der Waals surface area contributed by atoms with E-state index in [-0.39, 0.29) is 0 Å². The summed E-state index contributed by atoms with van der Waals surface area (Å²) in [4.78, 5) is 4.27. The summed E-state index contributed by atoms with van der Waals surface area (Å²) >= 11 is 1.64. The van der Waals surface area contributed by atoms with E-state index < -0.39 is 0 Å². The Labute approximate surface area is 112 Å². The molecule has 0 bridgehead atoms. The van der Waals surface area contributed by atoms with Crippen LogP contribution in [0.1, 0.15) is 16.8 Å². The average Bonchev–Trinajstić information content (AvgIpc) is 2.91. The van der Waals surface area contributed by atoms with E-state index in [2.05, 4.69) is 45.3 Å². The minimum Gasteiger partial charge on any atom is -0.319 e. The fourth-order valence-corrected chi connectivity index (χ4v) is 2.44. The van der Waals surface area contributed by atoms with E-state index >= 15 is 0 Å². The second-order valence-corrected chi connectivity index (χ2v) is 4.92. The van der Waals surface area contributed by atoms with Crippen LogP contribution in [0.2, 0.25) is 0 Å². The molecule has 0 aliphatic heterocycles. The monoisotopic (exact) mass is 261 g/mol. The first-order valence-electron chi connectivity index (χ1n) is 6.19. The molecule has 1 heterocycles. The van der Waals surface area contributed by atoms with Gasteiger partial charge in [0.1, 0.15) is 0 Å². The lowest BCUT2D eigenvalue weighted by molar-refractivity contribution is 0.674. The van der Waals surface area contributed by atoms with Crippen LogP contribution < -0.4 is 10.6 Å². The van der Waals surface area contributed by atoms with Crippen LogP contribution in [0.5, 0.6) is 0 Å². The summed E-state index contributed by atoms with van der Waals surface area (Å²) < 4.78 is 0. The molecule has 2 rings (SSSR count). The molecule has 2 aromatic rings. The molecule has 4 heteroatoms. The Balaban J connectivity index is 1.87. The third-order valence-electron chi connectivity index (χ3n) is 2.87. The molecule has 0 saturated carbocycles. The third-order valence-corrected chi connectivity index (χ3v) is 3.50. The Morgan fingerprint density at radius 2 is 2.00 bits per heavy atom. The zero-order chi connectivity index (χ0) is 12.6. The van der Waals surface area contributed by atoms with Gasteiger partial charge in [-0.3, -0.25) is 0 Å². The van der Waals surface area contributed by atoms with Gasteiger partial charge in [0, 0.05) is 18.5 Å². The lowest BCUT2D eigenvalue weighted by Crippen LogP contribution is -2.16. The van der Waals surface area contributed by atoms with Crippen molar-refractivity contribution in [2.45, 2.75) is 19.5 Å². The summed E-state index contributed by atoms with van der Waals surface area (Å²) in [5, 5.41) is 8.72. The molecule has 18 heavy (non-hydrogen) atoms. The molecule has 3 nitrogen and oxygen atoms in total. The Hall–Kier alpha value is -1.23. The highest BCUT2D eigenvalue weighted by atomic mass is 32.1. The van der Waals surface area contributed by atoms with Gasteiger partial charge in [0.2, 0.25) is 0 Å². The molecule has 1 aromatic heterocycles. The molecule has 2 N–H and O–H groups in total. The van der Waals surface area contributed by atoms with Gasteiger partial charge < -0.3 is 10.6 Å². The van der Waals surface area contributed by atoms with Crippen LogP contribution in [0.15, 0.2) is 35.2 Å². The van der Waals surface area contributed by atoms with Crippen molar-refractivity contribution in [3.8, 4) is 0 Å². The van der Waals surface area contributed by atoms with Crippen molar-refractivity contribution in [1.82, 2.24) is 15.6 Å². The van der Waals surface area contributed by atoms with Crippen LogP contribution in [-0.4, -0.2) is 18.6 Å². The van der Waals surface area contributed by atoms with Crippen LogP contribution in [-0.2, 0) is 19.5 Å². The highest BCUT2D eigenvalue weighted by molar-refractivity contribution is 7.07. The van der Waals surface area contributed by atoms with Crippen molar-refractivity contribution in [3.63, 3.8) is 0 Å². The van der Waals surface area contributed by atoms with Crippen molar-refractivity contribution in [3.05, 3.63) is 52.0 Å². The second-order valence-electron chi connectivity index (χ2n) is 4.21. The lowest BCUT2D eigenvalue weighted by atomic mass is 10.0. The quantitative estimate of drug-likeness (QED) is 0.802. The van der Waals surface area contributed by atoms with Gasteiger partial charge in [-0.05, 0) is 31.1 Å². The molecular formula is C14H19N3S. The molecule has 0 atom stereocenters. The summed E-state index contributed by atoms with van der Waals surface area (Å²) in [6.07, 6.45) is 1.07. The number of likely N-dealkylation sites (N-methyl/N-ethyl adjacent to an activating group) is 1. The van der Waals surface area contributed by atoms with Gasteiger partial charge in [-0.25, -0.2) is 4.98 Å². The van der Waals surface area contributed by atoms with Crippen molar-refractivity contribution in [2.75, 3.05) is 13.6 Å². The molecule has 0 aliphatic rings. The van der Waals surface area contributed by atoms with Gasteiger partial charge in [-0.2, -0.15) is 0 Å². The van der Waals surface area contributed by atoms with Gasteiger partial charge in [-0.1, -0.05) is 24.3 Å². The second kappa shape index (κ2) is 7.26. The van der Waals surface area contributed by atoms with Crippen LogP contribution in [0.4, 0.5) is 0 Å². The van der Waals surface area contributed by atoms with Crippen molar-refractivity contribution < 1.29 is 0 Å². The first-order valence-corrected chi connectivity index (χ1v) is 7.13. The minimum atomic E-state index is 0.837. The molecule has 96 valence electrons. The molecular weight excluding hydrogens is 242 g/mol. The first-order chi connectivity index (χ1) is 8.90. The summed E-state index contributed by atoms with van der Waals surface area (Å²) in [6, 6.07) is 8.61. The van der Waals surface area contributed by atoms with Gasteiger partial charge in [0.05, 0.1) is 11.2 Å². The molecule has 0 amide bonds. The fraction of sp³-hybridized carbons (Fsp3) is 0.357. The Morgan fingerprint density at radius 1 is 1.17 bits per heavy atom. The number of nitrogens with one attached hydrogen (secondary N) is 2. The van der Waals surface area contributed by atoms with E-state index in [0.717, 1.165) is 31.7 Å². The number of rotatable bonds is 7. The van der Waals surface area contributed by atoms with E-state index in [1.807, 2.05) is 12.6 Å². The number of aromatic nitrogens is 1. The predicted molar refractivity (Wildman–Crippen MR) is 76.7 cm³/mol.